The fourth-order valence-electron chi connectivity index (χ4n) is 2.73. The van der Waals surface area contributed by atoms with E-state index < -0.39 is 0 Å². The van der Waals surface area contributed by atoms with E-state index in [1.54, 1.807) is 14.2 Å². The Hall–Kier alpha value is -2.53. The van der Waals surface area contributed by atoms with Crippen LogP contribution < -0.4 is 19.7 Å². The Balaban J connectivity index is 1.70. The van der Waals surface area contributed by atoms with Gasteiger partial charge in [0, 0.05) is 13.0 Å². The molecule has 0 saturated heterocycles. The summed E-state index contributed by atoms with van der Waals surface area (Å²) in [5.41, 5.74) is 2.32. The predicted molar refractivity (Wildman–Crippen MR) is 103 cm³/mol. The maximum atomic E-state index is 12.0. The zero-order valence-corrected chi connectivity index (χ0v) is 15.9. The molecule has 1 atom stereocenters. The summed E-state index contributed by atoms with van der Waals surface area (Å²) in [6.07, 6.45) is 1.46. The third kappa shape index (κ3) is 6.41. The normalized spacial score (nSPS) is 11.7. The smallest absolute Gasteiger partial charge is 0.225 e. The van der Waals surface area contributed by atoms with Gasteiger partial charge in [-0.15, -0.1) is 0 Å². The van der Waals surface area contributed by atoms with E-state index in [0.29, 0.717) is 13.0 Å². The highest BCUT2D eigenvalue weighted by molar-refractivity contribution is 5.75. The van der Waals surface area contributed by atoms with Gasteiger partial charge in [-0.2, -0.15) is 0 Å². The first kappa shape index (κ1) is 19.8. The van der Waals surface area contributed by atoms with Crippen molar-refractivity contribution in [1.82, 2.24) is 5.32 Å². The molecule has 0 fully saturated rings. The van der Waals surface area contributed by atoms with Gasteiger partial charge in [-0.3, -0.25) is 4.79 Å². The summed E-state index contributed by atoms with van der Waals surface area (Å²) >= 11 is 0. The molecule has 5 nitrogen and oxygen atoms in total. The minimum atomic E-state index is 0.0966. The number of carbonyl (C=O) groups excluding carboxylic acids is 1. The molecule has 2 aromatic carbocycles. The van der Waals surface area contributed by atoms with E-state index in [4.69, 9.17) is 9.47 Å². The standard InChI is InChI=1S/C21H28N2O3/c1-23(13-11-17-9-10-19(25-2)20(15-17)26-3)14-12-21(24)22-16-18-7-5-4-6-8-18/h4-10,15H,11-14,16H2,1-3H3,(H,22,24)/p+1. The van der Waals surface area contributed by atoms with Crippen molar-refractivity contribution in [3.8, 4) is 11.5 Å². The Labute approximate surface area is 155 Å². The van der Waals surface area contributed by atoms with Gasteiger partial charge in [-0.1, -0.05) is 36.4 Å². The number of quaternary nitrogens is 1. The first-order chi connectivity index (χ1) is 12.6. The van der Waals surface area contributed by atoms with Gasteiger partial charge in [0.05, 0.1) is 40.8 Å². The van der Waals surface area contributed by atoms with E-state index in [2.05, 4.69) is 18.4 Å². The molecule has 26 heavy (non-hydrogen) atoms. The lowest BCUT2D eigenvalue weighted by atomic mass is 10.1. The number of hydrogen-bond acceptors (Lipinski definition) is 3. The first-order valence-corrected chi connectivity index (χ1v) is 8.95. The topological polar surface area (TPSA) is 52.0 Å². The molecule has 140 valence electrons. The van der Waals surface area contributed by atoms with Crippen LogP contribution in [0, 0.1) is 0 Å². The van der Waals surface area contributed by atoms with Gasteiger partial charge in [0.15, 0.2) is 11.5 Å². The van der Waals surface area contributed by atoms with Crippen LogP contribution in [0.1, 0.15) is 17.5 Å². The molecule has 0 aliphatic rings. The molecule has 5 heteroatoms. The second-order valence-corrected chi connectivity index (χ2v) is 6.41. The number of nitrogens with one attached hydrogen (secondary N) is 2. The van der Waals surface area contributed by atoms with E-state index in [0.717, 1.165) is 36.6 Å². The Morgan fingerprint density at radius 1 is 0.962 bits per heavy atom. The summed E-state index contributed by atoms with van der Waals surface area (Å²) in [5.74, 6) is 1.59. The number of ether oxygens (including phenoxy) is 2. The van der Waals surface area contributed by atoms with Gasteiger partial charge in [0.25, 0.3) is 0 Å². The number of methoxy groups -OCH3 is 2. The molecule has 0 saturated carbocycles. The van der Waals surface area contributed by atoms with Crippen molar-refractivity contribution in [2.24, 2.45) is 0 Å². The summed E-state index contributed by atoms with van der Waals surface area (Å²) in [4.78, 5) is 13.3. The molecule has 0 aliphatic carbocycles. The molecule has 0 bridgehead atoms. The minimum Gasteiger partial charge on any atom is -0.493 e. The van der Waals surface area contributed by atoms with Crippen molar-refractivity contribution in [2.45, 2.75) is 19.4 Å². The number of likely N-dealkylation sites (N-methyl/N-ethyl adjacent to an activating group) is 1. The second-order valence-electron chi connectivity index (χ2n) is 6.41. The largest absolute Gasteiger partial charge is 0.493 e. The number of carbonyl (C=O) groups is 1. The quantitative estimate of drug-likeness (QED) is 0.677. The third-order valence-corrected chi connectivity index (χ3v) is 4.40. The minimum absolute atomic E-state index is 0.0966. The molecule has 0 aromatic heterocycles. The van der Waals surface area contributed by atoms with Crippen molar-refractivity contribution in [3.63, 3.8) is 0 Å². The molecule has 0 radical (unpaired) electrons. The summed E-state index contributed by atoms with van der Waals surface area (Å²) < 4.78 is 10.6. The maximum Gasteiger partial charge on any atom is 0.225 e. The molecule has 0 aliphatic heterocycles. The Morgan fingerprint density at radius 3 is 2.38 bits per heavy atom. The van der Waals surface area contributed by atoms with Crippen molar-refractivity contribution in [2.75, 3.05) is 34.4 Å². The lowest BCUT2D eigenvalue weighted by Crippen LogP contribution is -3.09. The van der Waals surface area contributed by atoms with E-state index in [9.17, 15) is 4.79 Å². The maximum absolute atomic E-state index is 12.0. The van der Waals surface area contributed by atoms with E-state index in [1.165, 1.54) is 10.5 Å². The molecule has 2 N–H and O–H groups in total. The number of amides is 1. The average molecular weight is 357 g/mol. The summed E-state index contributed by atoms with van der Waals surface area (Å²) in [6.45, 7) is 2.36. The van der Waals surface area contributed by atoms with Crippen molar-refractivity contribution < 1.29 is 19.2 Å². The van der Waals surface area contributed by atoms with Crippen LogP contribution in [-0.2, 0) is 17.8 Å². The molecule has 1 unspecified atom stereocenters. The first-order valence-electron chi connectivity index (χ1n) is 8.95. The summed E-state index contributed by atoms with van der Waals surface area (Å²) in [6, 6.07) is 16.0. The molecule has 2 aromatic rings. The lowest BCUT2D eigenvalue weighted by Gasteiger charge is -2.15. The highest BCUT2D eigenvalue weighted by Crippen LogP contribution is 2.27. The highest BCUT2D eigenvalue weighted by atomic mass is 16.5. The summed E-state index contributed by atoms with van der Waals surface area (Å²) in [7, 11) is 5.40. The number of hydrogen-bond donors (Lipinski definition) is 2. The van der Waals surface area contributed by atoms with Crippen LogP contribution in [0.2, 0.25) is 0 Å². The second kappa shape index (κ2) is 10.5. The van der Waals surface area contributed by atoms with E-state index in [1.807, 2.05) is 42.5 Å². The lowest BCUT2D eigenvalue weighted by molar-refractivity contribution is -0.878. The van der Waals surface area contributed by atoms with Crippen LogP contribution in [0.25, 0.3) is 0 Å². The Morgan fingerprint density at radius 2 is 1.69 bits per heavy atom. The highest BCUT2D eigenvalue weighted by Gasteiger charge is 2.09. The fraction of sp³-hybridized carbons (Fsp3) is 0.381. The van der Waals surface area contributed by atoms with Crippen molar-refractivity contribution in [3.05, 3.63) is 59.7 Å². The Kier molecular flexibility index (Phi) is 7.96. The third-order valence-electron chi connectivity index (χ3n) is 4.40. The monoisotopic (exact) mass is 357 g/mol. The van der Waals surface area contributed by atoms with Crippen LogP contribution in [0.4, 0.5) is 0 Å². The van der Waals surface area contributed by atoms with Crippen LogP contribution in [0.5, 0.6) is 11.5 Å². The average Bonchev–Trinajstić information content (AvgIpc) is 2.69. The van der Waals surface area contributed by atoms with Crippen molar-refractivity contribution in [1.29, 1.82) is 0 Å². The predicted octanol–water partition coefficient (Wildman–Crippen LogP) is 1.47. The van der Waals surface area contributed by atoms with Gasteiger partial charge < -0.3 is 19.7 Å². The Bertz CT molecular complexity index is 689. The van der Waals surface area contributed by atoms with Gasteiger partial charge >= 0.3 is 0 Å². The summed E-state index contributed by atoms with van der Waals surface area (Å²) in [5, 5.41) is 2.97. The molecule has 0 heterocycles. The molecular weight excluding hydrogens is 328 g/mol. The van der Waals surface area contributed by atoms with Gasteiger partial charge in [-0.25, -0.2) is 0 Å². The van der Waals surface area contributed by atoms with Crippen molar-refractivity contribution >= 4 is 5.91 Å². The zero-order valence-electron chi connectivity index (χ0n) is 15.9. The van der Waals surface area contributed by atoms with Gasteiger partial charge in [-0.05, 0) is 23.3 Å². The number of rotatable bonds is 10. The number of benzene rings is 2. The van der Waals surface area contributed by atoms with E-state index in [-0.39, 0.29) is 5.91 Å². The molecule has 2 rings (SSSR count). The van der Waals surface area contributed by atoms with E-state index >= 15 is 0 Å². The van der Waals surface area contributed by atoms with Gasteiger partial charge in [0.1, 0.15) is 0 Å². The molecule has 1 amide bonds. The molecule has 0 spiro atoms. The molecular formula is C21H29N2O3+. The fourth-order valence-corrected chi connectivity index (χ4v) is 2.73. The zero-order chi connectivity index (χ0) is 18.8. The SMILES string of the molecule is COc1ccc(CC[NH+](C)CCC(=O)NCc2ccccc2)cc1OC. The van der Waals surface area contributed by atoms with Crippen LogP contribution in [0.15, 0.2) is 48.5 Å². The van der Waals surface area contributed by atoms with Crippen LogP contribution in [-0.4, -0.2) is 40.3 Å². The van der Waals surface area contributed by atoms with Gasteiger partial charge in [0.2, 0.25) is 5.91 Å². The van der Waals surface area contributed by atoms with Crippen LogP contribution in [0.3, 0.4) is 0 Å². The van der Waals surface area contributed by atoms with Crippen LogP contribution >= 0.6 is 0 Å².